The zero-order valence-corrected chi connectivity index (χ0v) is 8.62. The van der Waals surface area contributed by atoms with Gasteiger partial charge in [-0.1, -0.05) is 6.92 Å². The lowest BCUT2D eigenvalue weighted by Crippen LogP contribution is -2.51. The number of hydrogen-bond acceptors (Lipinski definition) is 3. The number of rotatable bonds is 3. The quantitative estimate of drug-likeness (QED) is 0.697. The minimum atomic E-state index is -0.0233. The third-order valence-electron chi connectivity index (χ3n) is 3.39. The molecule has 0 aliphatic carbocycles. The van der Waals surface area contributed by atoms with Gasteiger partial charge < -0.3 is 10.5 Å². The maximum atomic E-state index is 6.15. The summed E-state index contributed by atoms with van der Waals surface area (Å²) in [4.78, 5) is 2.50. The summed E-state index contributed by atoms with van der Waals surface area (Å²) in [7, 11) is 0. The van der Waals surface area contributed by atoms with Crippen LogP contribution in [0.3, 0.4) is 0 Å². The molecule has 2 saturated heterocycles. The summed E-state index contributed by atoms with van der Waals surface area (Å²) in [6.07, 6.45) is 2.76. The predicted octanol–water partition coefficient (Wildman–Crippen LogP) is 0.587. The first-order valence-electron chi connectivity index (χ1n) is 5.25. The van der Waals surface area contributed by atoms with Gasteiger partial charge in [0.1, 0.15) is 0 Å². The molecule has 0 aromatic heterocycles. The molecule has 2 heterocycles. The van der Waals surface area contributed by atoms with E-state index in [1.807, 2.05) is 0 Å². The number of nitrogens with two attached hydrogens (primary N) is 1. The molecule has 0 aromatic rings. The molecule has 0 aromatic carbocycles. The Morgan fingerprint density at radius 3 is 2.85 bits per heavy atom. The van der Waals surface area contributed by atoms with Gasteiger partial charge in [0.05, 0.1) is 12.7 Å². The van der Waals surface area contributed by atoms with Crippen molar-refractivity contribution in [1.29, 1.82) is 0 Å². The van der Waals surface area contributed by atoms with Gasteiger partial charge in [-0.05, 0) is 19.8 Å². The van der Waals surface area contributed by atoms with Gasteiger partial charge in [-0.2, -0.15) is 0 Å². The van der Waals surface area contributed by atoms with Crippen molar-refractivity contribution in [1.82, 2.24) is 4.90 Å². The zero-order valence-electron chi connectivity index (χ0n) is 8.62. The Hall–Kier alpha value is -0.120. The van der Waals surface area contributed by atoms with Crippen molar-refractivity contribution in [3.05, 3.63) is 0 Å². The van der Waals surface area contributed by atoms with Crippen molar-refractivity contribution in [2.24, 2.45) is 5.73 Å². The van der Waals surface area contributed by atoms with Crippen molar-refractivity contribution in [3.63, 3.8) is 0 Å². The van der Waals surface area contributed by atoms with Gasteiger partial charge in [0.15, 0.2) is 0 Å². The summed E-state index contributed by atoms with van der Waals surface area (Å²) in [5.74, 6) is 0. The maximum Gasteiger partial charge on any atom is 0.0718 e. The molecule has 2 aliphatic heterocycles. The van der Waals surface area contributed by atoms with E-state index in [-0.39, 0.29) is 5.54 Å². The second-order valence-electron chi connectivity index (χ2n) is 4.78. The van der Waals surface area contributed by atoms with Gasteiger partial charge in [-0.15, -0.1) is 0 Å². The van der Waals surface area contributed by atoms with Crippen LogP contribution < -0.4 is 5.73 Å². The zero-order chi connectivity index (χ0) is 9.47. The summed E-state index contributed by atoms with van der Waals surface area (Å²) in [6.45, 7) is 7.33. The van der Waals surface area contributed by atoms with Crippen molar-refractivity contribution in [2.75, 3.05) is 19.7 Å². The molecule has 3 unspecified atom stereocenters. The number of ether oxygens (including phenoxy) is 1. The minimum Gasteiger partial charge on any atom is -0.375 e. The van der Waals surface area contributed by atoms with Crippen LogP contribution in [0.1, 0.15) is 26.7 Å². The summed E-state index contributed by atoms with van der Waals surface area (Å²) in [5.41, 5.74) is 6.12. The Kier molecular flexibility index (Phi) is 2.34. The molecule has 76 valence electrons. The van der Waals surface area contributed by atoms with Crippen molar-refractivity contribution in [3.8, 4) is 0 Å². The highest BCUT2D eigenvalue weighted by atomic mass is 16.5. The molecule has 2 fully saturated rings. The predicted molar refractivity (Wildman–Crippen MR) is 52.6 cm³/mol. The standard InChI is InChI=1S/C10H20N2O/c1-3-10(2,11)7-12-5-9-4-8(12)6-13-9/h8-9H,3-7,11H2,1-2H3. The van der Waals surface area contributed by atoms with Crippen LogP contribution in [0, 0.1) is 0 Å². The topological polar surface area (TPSA) is 38.5 Å². The Labute approximate surface area is 80.2 Å². The van der Waals surface area contributed by atoms with Gasteiger partial charge in [0.25, 0.3) is 0 Å². The van der Waals surface area contributed by atoms with Crippen molar-refractivity contribution < 1.29 is 4.74 Å². The average molecular weight is 184 g/mol. The summed E-state index contributed by atoms with van der Waals surface area (Å²) >= 11 is 0. The molecule has 13 heavy (non-hydrogen) atoms. The molecule has 0 amide bonds. The molecule has 2 bridgehead atoms. The third kappa shape index (κ3) is 1.87. The molecule has 2 N–H and O–H groups in total. The number of likely N-dealkylation sites (tertiary alicyclic amines) is 1. The second-order valence-corrected chi connectivity index (χ2v) is 4.78. The van der Waals surface area contributed by atoms with E-state index in [0.717, 1.165) is 26.1 Å². The highest BCUT2D eigenvalue weighted by Crippen LogP contribution is 2.28. The molecular weight excluding hydrogens is 164 g/mol. The van der Waals surface area contributed by atoms with E-state index >= 15 is 0 Å². The molecule has 3 nitrogen and oxygen atoms in total. The van der Waals surface area contributed by atoms with Crippen LogP contribution in [0.4, 0.5) is 0 Å². The fourth-order valence-corrected chi connectivity index (χ4v) is 2.25. The summed E-state index contributed by atoms with van der Waals surface area (Å²) in [6, 6.07) is 0.652. The largest absolute Gasteiger partial charge is 0.375 e. The summed E-state index contributed by atoms with van der Waals surface area (Å²) < 4.78 is 5.55. The van der Waals surface area contributed by atoms with Crippen LogP contribution in [-0.2, 0) is 4.74 Å². The Bertz CT molecular complexity index is 193. The van der Waals surface area contributed by atoms with E-state index in [1.54, 1.807) is 0 Å². The lowest BCUT2D eigenvalue weighted by Gasteiger charge is -2.34. The van der Waals surface area contributed by atoms with Gasteiger partial charge >= 0.3 is 0 Å². The molecular formula is C10H20N2O. The maximum absolute atomic E-state index is 6.15. The van der Waals surface area contributed by atoms with Crippen LogP contribution in [0.15, 0.2) is 0 Å². The first-order valence-corrected chi connectivity index (χ1v) is 5.25. The molecule has 0 saturated carbocycles. The monoisotopic (exact) mass is 184 g/mol. The van der Waals surface area contributed by atoms with Gasteiger partial charge in [-0.25, -0.2) is 0 Å². The molecule has 3 atom stereocenters. The Morgan fingerprint density at radius 1 is 1.62 bits per heavy atom. The molecule has 3 heteroatoms. The van der Waals surface area contributed by atoms with Crippen LogP contribution in [-0.4, -0.2) is 42.3 Å². The van der Waals surface area contributed by atoms with Crippen molar-refractivity contribution in [2.45, 2.75) is 44.4 Å². The van der Waals surface area contributed by atoms with Crippen LogP contribution in [0.25, 0.3) is 0 Å². The lowest BCUT2D eigenvalue weighted by atomic mass is 9.99. The SMILES string of the molecule is CCC(C)(N)CN1CC2CC1CO2. The van der Waals surface area contributed by atoms with Crippen LogP contribution in [0.2, 0.25) is 0 Å². The Morgan fingerprint density at radius 2 is 2.38 bits per heavy atom. The van der Waals surface area contributed by atoms with Gasteiger partial charge in [0.2, 0.25) is 0 Å². The van der Waals surface area contributed by atoms with Crippen LogP contribution in [0.5, 0.6) is 0 Å². The van der Waals surface area contributed by atoms with Crippen LogP contribution >= 0.6 is 0 Å². The molecule has 0 radical (unpaired) electrons. The average Bonchev–Trinajstić information content (AvgIpc) is 2.64. The smallest absolute Gasteiger partial charge is 0.0718 e. The van der Waals surface area contributed by atoms with E-state index in [0.29, 0.717) is 12.1 Å². The van der Waals surface area contributed by atoms with E-state index in [4.69, 9.17) is 10.5 Å². The van der Waals surface area contributed by atoms with Gasteiger partial charge in [0, 0.05) is 24.7 Å². The number of nitrogens with zero attached hydrogens (tertiary/aromatic N) is 1. The minimum absolute atomic E-state index is 0.0233. The van der Waals surface area contributed by atoms with E-state index in [2.05, 4.69) is 18.7 Å². The Balaban J connectivity index is 1.89. The highest BCUT2D eigenvalue weighted by molar-refractivity contribution is 4.95. The molecule has 2 rings (SSSR count). The van der Waals surface area contributed by atoms with E-state index in [1.165, 1.54) is 6.42 Å². The summed E-state index contributed by atoms with van der Waals surface area (Å²) in [5, 5.41) is 0. The lowest BCUT2D eigenvalue weighted by molar-refractivity contribution is 0.0224. The normalized spacial score (nSPS) is 38.1. The highest BCUT2D eigenvalue weighted by Gasteiger charge is 2.40. The first kappa shape index (κ1) is 9.44. The third-order valence-corrected chi connectivity index (χ3v) is 3.39. The number of fused-ring (bicyclic) bond motifs is 2. The van der Waals surface area contributed by atoms with E-state index in [9.17, 15) is 0 Å². The fourth-order valence-electron chi connectivity index (χ4n) is 2.25. The fraction of sp³-hybridized carbons (Fsp3) is 1.00. The number of morpholine rings is 1. The van der Waals surface area contributed by atoms with E-state index < -0.39 is 0 Å². The second kappa shape index (κ2) is 3.23. The van der Waals surface area contributed by atoms with Gasteiger partial charge in [-0.3, -0.25) is 4.90 Å². The first-order chi connectivity index (χ1) is 6.11. The van der Waals surface area contributed by atoms with Crippen molar-refractivity contribution >= 4 is 0 Å². The molecule has 0 spiro atoms. The molecule has 2 aliphatic rings. The number of hydrogen-bond donors (Lipinski definition) is 1.